The number of rotatable bonds is 2. The third-order valence-corrected chi connectivity index (χ3v) is 9.78. The quantitative estimate of drug-likeness (QED) is 0.420. The minimum atomic E-state index is 0.0837. The predicted molar refractivity (Wildman–Crippen MR) is 142 cm³/mol. The number of hydrogen-bond donors (Lipinski definition) is 2. The van der Waals surface area contributed by atoms with Crippen LogP contribution >= 0.6 is 11.3 Å². The van der Waals surface area contributed by atoms with Crippen molar-refractivity contribution in [2.45, 2.75) is 38.1 Å². The average molecular weight is 514 g/mol. The lowest BCUT2D eigenvalue weighted by atomic mass is 9.74. The van der Waals surface area contributed by atoms with Crippen LogP contribution in [0.1, 0.15) is 41.4 Å². The molecule has 4 aromatic rings. The lowest BCUT2D eigenvalue weighted by Gasteiger charge is -2.42. The Morgan fingerprint density at radius 3 is 2.81 bits per heavy atom. The molecule has 3 aromatic heterocycles. The molecule has 0 saturated carbocycles. The van der Waals surface area contributed by atoms with Gasteiger partial charge in [-0.1, -0.05) is 12.1 Å². The Kier molecular flexibility index (Phi) is 4.49. The van der Waals surface area contributed by atoms with E-state index in [0.29, 0.717) is 25.2 Å². The van der Waals surface area contributed by atoms with Crippen molar-refractivity contribution < 1.29 is 4.79 Å². The molecule has 1 fully saturated rings. The van der Waals surface area contributed by atoms with Gasteiger partial charge in [0.15, 0.2) is 17.0 Å². The summed E-state index contributed by atoms with van der Waals surface area (Å²) in [7, 11) is 0. The number of thiazole rings is 1. The van der Waals surface area contributed by atoms with E-state index >= 15 is 0 Å². The summed E-state index contributed by atoms with van der Waals surface area (Å²) in [6, 6.07) is 6.33. The normalized spacial score (nSPS) is 22.1. The zero-order valence-electron chi connectivity index (χ0n) is 20.4. The summed E-state index contributed by atoms with van der Waals surface area (Å²) in [5, 5.41) is 7.76. The fourth-order valence-corrected chi connectivity index (χ4v) is 7.71. The minimum Gasteiger partial charge on any atom is -0.355 e. The largest absolute Gasteiger partial charge is 0.355 e. The molecule has 188 valence electrons. The Morgan fingerprint density at radius 2 is 1.95 bits per heavy atom. The Bertz CT molecular complexity index is 1550. The van der Waals surface area contributed by atoms with Gasteiger partial charge in [0.1, 0.15) is 5.82 Å². The van der Waals surface area contributed by atoms with E-state index in [1.54, 1.807) is 11.3 Å². The third-order valence-electron chi connectivity index (χ3n) is 8.83. The number of benzene rings is 1. The fraction of sp³-hybridized carbons (Fsp3) is 0.423. The highest BCUT2D eigenvalue weighted by molar-refractivity contribution is 7.09. The molecule has 0 radical (unpaired) electrons. The second-order valence-corrected chi connectivity index (χ2v) is 11.5. The number of para-hydroxylation sites is 1. The van der Waals surface area contributed by atoms with Gasteiger partial charge in [-0.25, -0.2) is 15.0 Å². The molecule has 1 saturated heterocycles. The maximum Gasteiger partial charge on any atom is 0.227 e. The Hall–Kier alpha value is -3.57. The fourth-order valence-electron chi connectivity index (χ4n) is 6.76. The number of nitrogens with two attached hydrogens (primary N) is 1. The van der Waals surface area contributed by atoms with Gasteiger partial charge >= 0.3 is 0 Å². The van der Waals surface area contributed by atoms with Crippen molar-refractivity contribution in [3.63, 3.8) is 0 Å². The number of anilines is 4. The van der Waals surface area contributed by atoms with E-state index < -0.39 is 0 Å². The van der Waals surface area contributed by atoms with Crippen molar-refractivity contribution in [2.24, 2.45) is 11.1 Å². The number of nitrogens with zero attached hydrogens (tertiary/aromatic N) is 7. The molecule has 4 aliphatic rings. The van der Waals surface area contributed by atoms with E-state index in [2.05, 4.69) is 43.2 Å². The van der Waals surface area contributed by atoms with E-state index in [1.807, 2.05) is 16.6 Å². The van der Waals surface area contributed by atoms with E-state index in [-0.39, 0.29) is 17.4 Å². The first-order chi connectivity index (χ1) is 18.1. The zero-order valence-corrected chi connectivity index (χ0v) is 21.2. The van der Waals surface area contributed by atoms with Crippen LogP contribution < -0.4 is 20.4 Å². The SMILES string of the molecule is NC1c2scnc2CC12CCN(c1cnc3c(N4CCN5C(=O)CCc6cccc4c65)n[nH]c3n1)CC2. The number of fused-ring (bicyclic) bond motifs is 2. The van der Waals surface area contributed by atoms with Gasteiger partial charge in [-0.15, -0.1) is 11.3 Å². The monoisotopic (exact) mass is 513 g/mol. The van der Waals surface area contributed by atoms with Crippen molar-refractivity contribution in [1.29, 1.82) is 0 Å². The van der Waals surface area contributed by atoms with Crippen molar-refractivity contribution >= 4 is 51.4 Å². The Morgan fingerprint density at radius 1 is 1.08 bits per heavy atom. The summed E-state index contributed by atoms with van der Waals surface area (Å²) < 4.78 is 0. The van der Waals surface area contributed by atoms with Gasteiger partial charge in [0.25, 0.3) is 0 Å². The molecule has 3 N–H and O–H groups in total. The molecule has 0 bridgehead atoms. The van der Waals surface area contributed by atoms with Gasteiger partial charge in [-0.05, 0) is 42.7 Å². The molecule has 10 nitrogen and oxygen atoms in total. The summed E-state index contributed by atoms with van der Waals surface area (Å²) in [6.45, 7) is 3.11. The van der Waals surface area contributed by atoms with Gasteiger partial charge in [0, 0.05) is 43.5 Å². The highest BCUT2D eigenvalue weighted by atomic mass is 32.1. The minimum absolute atomic E-state index is 0.0837. The maximum absolute atomic E-state index is 12.6. The molecule has 1 spiro atoms. The van der Waals surface area contributed by atoms with E-state index in [4.69, 9.17) is 15.7 Å². The van der Waals surface area contributed by atoms with Crippen LogP contribution in [0.5, 0.6) is 0 Å². The second kappa shape index (κ2) is 7.72. The molecule has 1 aromatic carbocycles. The number of aromatic nitrogens is 5. The molecule has 11 heteroatoms. The van der Waals surface area contributed by atoms with Gasteiger partial charge in [0.2, 0.25) is 5.91 Å². The first-order valence-corrected chi connectivity index (χ1v) is 13.8. The lowest BCUT2D eigenvalue weighted by Crippen LogP contribution is -2.45. The van der Waals surface area contributed by atoms with Crippen LogP contribution in [0.15, 0.2) is 29.9 Å². The van der Waals surface area contributed by atoms with Crippen LogP contribution in [-0.4, -0.2) is 57.2 Å². The van der Waals surface area contributed by atoms with Crippen molar-refractivity contribution in [3.05, 3.63) is 46.0 Å². The number of carbonyl (C=O) groups is 1. The highest BCUT2D eigenvalue weighted by Gasteiger charge is 2.47. The van der Waals surface area contributed by atoms with E-state index in [1.165, 1.54) is 16.1 Å². The van der Waals surface area contributed by atoms with Gasteiger partial charge in [-0.3, -0.25) is 9.89 Å². The highest BCUT2D eigenvalue weighted by Crippen LogP contribution is 2.52. The number of amides is 1. The third kappa shape index (κ3) is 3.04. The zero-order chi connectivity index (χ0) is 24.7. The first kappa shape index (κ1) is 21.5. The number of H-pyrrole nitrogens is 1. The number of carbonyl (C=O) groups excluding carboxylic acids is 1. The van der Waals surface area contributed by atoms with Crippen molar-refractivity contribution in [3.8, 4) is 0 Å². The van der Waals surface area contributed by atoms with Crippen LogP contribution in [0.25, 0.3) is 11.2 Å². The molecule has 1 unspecified atom stereocenters. The first-order valence-electron chi connectivity index (χ1n) is 12.9. The number of hydrogen-bond acceptors (Lipinski definition) is 9. The van der Waals surface area contributed by atoms with E-state index in [9.17, 15) is 4.79 Å². The van der Waals surface area contributed by atoms with Crippen LogP contribution in [-0.2, 0) is 17.6 Å². The molecule has 37 heavy (non-hydrogen) atoms. The maximum atomic E-state index is 12.6. The molecular formula is C26H27N9OS. The smallest absolute Gasteiger partial charge is 0.227 e. The van der Waals surface area contributed by atoms with Gasteiger partial charge in [-0.2, -0.15) is 5.10 Å². The molecule has 1 atom stereocenters. The van der Waals surface area contributed by atoms with E-state index in [0.717, 1.165) is 67.3 Å². The van der Waals surface area contributed by atoms with Crippen LogP contribution in [0.4, 0.5) is 23.0 Å². The molecule has 6 heterocycles. The number of aromatic amines is 1. The average Bonchev–Trinajstić information content (AvgIpc) is 3.62. The standard InChI is InChI=1S/C26H27N9OS/c27-23-22-16(29-14-37-22)12-26(23)6-8-33(9-7-26)18-13-28-20-24(30-18)31-32-25(20)34-10-11-35-19(36)5-4-15-2-1-3-17(34)21(15)35/h1-3,13-14,23H,4-12,27H2,(H,30,31,32). The summed E-state index contributed by atoms with van der Waals surface area (Å²) in [5.41, 5.74) is 14.6. The van der Waals surface area contributed by atoms with Crippen molar-refractivity contribution in [1.82, 2.24) is 25.1 Å². The predicted octanol–water partition coefficient (Wildman–Crippen LogP) is 3.08. The number of nitrogens with one attached hydrogen (secondary N) is 1. The van der Waals surface area contributed by atoms with Crippen LogP contribution in [0.2, 0.25) is 0 Å². The Labute approximate surface area is 217 Å². The summed E-state index contributed by atoms with van der Waals surface area (Å²) >= 11 is 1.70. The topological polar surface area (TPSA) is 120 Å². The van der Waals surface area contributed by atoms with Gasteiger partial charge in [0.05, 0.1) is 28.8 Å². The lowest BCUT2D eigenvalue weighted by molar-refractivity contribution is -0.118. The van der Waals surface area contributed by atoms with Crippen LogP contribution in [0, 0.1) is 5.41 Å². The van der Waals surface area contributed by atoms with Crippen molar-refractivity contribution in [2.75, 3.05) is 40.9 Å². The number of piperidine rings is 1. The molecular weight excluding hydrogens is 486 g/mol. The number of aryl methyl sites for hydroxylation is 1. The summed E-state index contributed by atoms with van der Waals surface area (Å²) in [4.78, 5) is 34.5. The molecule has 8 rings (SSSR count). The van der Waals surface area contributed by atoms with Crippen LogP contribution in [0.3, 0.4) is 0 Å². The molecule has 1 aliphatic carbocycles. The second-order valence-electron chi connectivity index (χ2n) is 10.6. The summed E-state index contributed by atoms with van der Waals surface area (Å²) in [6.07, 6.45) is 6.25. The Balaban J connectivity index is 1.07. The molecule has 1 amide bonds. The van der Waals surface area contributed by atoms with Gasteiger partial charge < -0.3 is 20.4 Å². The molecule has 3 aliphatic heterocycles. The summed E-state index contributed by atoms with van der Waals surface area (Å²) in [5.74, 6) is 1.82.